The Hall–Kier alpha value is -1.07. The Bertz CT molecular complexity index is 777. The maximum Gasteiger partial charge on any atom is 0.306 e. The van der Waals surface area contributed by atoms with E-state index >= 15 is 0 Å². The number of hydrogen-bond acceptors (Lipinski definition) is 9. The van der Waals surface area contributed by atoms with E-state index in [4.69, 9.17) is 18.9 Å². The number of carbonyl (C=O) groups is 1. The van der Waals surface area contributed by atoms with Crippen molar-refractivity contribution in [1.29, 1.82) is 0 Å². The fourth-order valence-electron chi connectivity index (χ4n) is 6.37. The van der Waals surface area contributed by atoms with Gasteiger partial charge in [0.1, 0.15) is 30.5 Å². The average molecular weight is 715 g/mol. The molecule has 1 rings (SSSR count). The summed E-state index contributed by atoms with van der Waals surface area (Å²) in [6.07, 6.45) is 28.1. The highest BCUT2D eigenvalue weighted by Gasteiger charge is 2.44. The Morgan fingerprint density at radius 1 is 0.620 bits per heavy atom. The van der Waals surface area contributed by atoms with E-state index in [1.807, 2.05) is 0 Å². The maximum absolute atomic E-state index is 12.7. The molecular weight excluding hydrogens is 636 g/mol. The molecule has 0 bridgehead atoms. The van der Waals surface area contributed by atoms with Crippen LogP contribution in [-0.4, -0.2) is 89.6 Å². The van der Waals surface area contributed by atoms with Gasteiger partial charge in [-0.05, 0) is 38.5 Å². The molecular formula is C41H78O9. The van der Waals surface area contributed by atoms with Crippen LogP contribution in [0.15, 0.2) is 12.2 Å². The highest BCUT2D eigenvalue weighted by molar-refractivity contribution is 5.69. The summed E-state index contributed by atoms with van der Waals surface area (Å²) in [4.78, 5) is 12.7. The molecule has 0 saturated carbocycles. The lowest BCUT2D eigenvalue weighted by atomic mass is 9.99. The van der Waals surface area contributed by atoms with E-state index in [2.05, 4.69) is 26.0 Å². The third-order valence-corrected chi connectivity index (χ3v) is 9.68. The number of allylic oxidation sites excluding steroid dienone is 2. The van der Waals surface area contributed by atoms with E-state index < -0.39 is 43.4 Å². The molecule has 50 heavy (non-hydrogen) atoms. The Morgan fingerprint density at radius 3 is 1.62 bits per heavy atom. The van der Waals surface area contributed by atoms with Gasteiger partial charge in [-0.1, -0.05) is 148 Å². The van der Waals surface area contributed by atoms with Crippen LogP contribution < -0.4 is 0 Å². The van der Waals surface area contributed by atoms with E-state index in [9.17, 15) is 25.2 Å². The van der Waals surface area contributed by atoms with Crippen LogP contribution in [-0.2, 0) is 23.7 Å². The smallest absolute Gasteiger partial charge is 0.306 e. The molecule has 1 saturated heterocycles. The van der Waals surface area contributed by atoms with Crippen molar-refractivity contribution >= 4 is 5.97 Å². The Morgan fingerprint density at radius 2 is 1.10 bits per heavy atom. The Labute approximate surface area is 305 Å². The summed E-state index contributed by atoms with van der Waals surface area (Å²) >= 11 is 0. The zero-order valence-corrected chi connectivity index (χ0v) is 32.2. The van der Waals surface area contributed by atoms with Gasteiger partial charge in [0.05, 0.1) is 19.8 Å². The quantitative estimate of drug-likeness (QED) is 0.0290. The predicted molar refractivity (Wildman–Crippen MR) is 201 cm³/mol. The van der Waals surface area contributed by atoms with Gasteiger partial charge in [0.15, 0.2) is 6.29 Å². The molecule has 296 valence electrons. The van der Waals surface area contributed by atoms with E-state index in [-0.39, 0.29) is 19.2 Å². The topological polar surface area (TPSA) is 135 Å². The average Bonchev–Trinajstić information content (AvgIpc) is 3.11. The minimum atomic E-state index is -1.53. The lowest BCUT2D eigenvalue weighted by molar-refractivity contribution is -0.305. The SMILES string of the molecule is CCCCCCCCC/C=C\CCCCCCCCOCC(COC1OC(CO)C(O)C(O)C1O)OC(=O)CCCCCCCCCCCC. The first-order valence-electron chi connectivity index (χ1n) is 20.8. The molecule has 0 aromatic heterocycles. The number of aliphatic hydroxyl groups excluding tert-OH is 4. The summed E-state index contributed by atoms with van der Waals surface area (Å²) in [6, 6.07) is 0. The van der Waals surface area contributed by atoms with E-state index in [1.165, 1.54) is 128 Å². The van der Waals surface area contributed by atoms with Gasteiger partial charge in [-0.3, -0.25) is 4.79 Å². The van der Waals surface area contributed by atoms with Crippen molar-refractivity contribution in [2.45, 2.75) is 218 Å². The molecule has 1 fully saturated rings. The molecule has 1 heterocycles. The zero-order valence-electron chi connectivity index (χ0n) is 32.2. The van der Waals surface area contributed by atoms with Gasteiger partial charge >= 0.3 is 5.97 Å². The van der Waals surface area contributed by atoms with E-state index in [0.717, 1.165) is 32.1 Å². The minimum absolute atomic E-state index is 0.111. The summed E-state index contributed by atoms with van der Waals surface area (Å²) < 4.78 is 22.7. The van der Waals surface area contributed by atoms with Crippen molar-refractivity contribution in [3.05, 3.63) is 12.2 Å². The van der Waals surface area contributed by atoms with Crippen LogP contribution in [0.4, 0.5) is 0 Å². The number of carbonyl (C=O) groups excluding carboxylic acids is 1. The largest absolute Gasteiger partial charge is 0.457 e. The summed E-state index contributed by atoms with van der Waals surface area (Å²) in [6.45, 7) is 4.54. The van der Waals surface area contributed by atoms with Gasteiger partial charge in [0.2, 0.25) is 0 Å². The second-order valence-corrected chi connectivity index (χ2v) is 14.4. The van der Waals surface area contributed by atoms with Crippen LogP contribution in [0.25, 0.3) is 0 Å². The predicted octanol–water partition coefficient (Wildman–Crippen LogP) is 8.47. The molecule has 0 radical (unpaired) electrons. The van der Waals surface area contributed by atoms with Crippen molar-refractivity contribution in [1.82, 2.24) is 0 Å². The normalized spacial score (nSPS) is 21.6. The molecule has 0 spiro atoms. The van der Waals surface area contributed by atoms with Gasteiger partial charge < -0.3 is 39.4 Å². The Kier molecular flexibility index (Phi) is 31.7. The number of hydrogen-bond donors (Lipinski definition) is 4. The molecule has 0 aromatic rings. The summed E-state index contributed by atoms with van der Waals surface area (Å²) in [5, 5.41) is 40.0. The molecule has 6 unspecified atom stereocenters. The second-order valence-electron chi connectivity index (χ2n) is 14.4. The standard InChI is InChI=1S/C41H78O9/c1-3-5-7-9-11-13-15-16-17-18-19-20-21-23-25-27-29-31-47-33-35(34-48-41-40(46)39(45)38(44)36(32-42)50-41)49-37(43)30-28-26-24-22-14-12-10-8-6-4-2/h17-18,35-36,38-42,44-46H,3-16,19-34H2,1-2H3/b18-17-. The first kappa shape index (κ1) is 47.0. The fraction of sp³-hybridized carbons (Fsp3) is 0.927. The number of esters is 1. The van der Waals surface area contributed by atoms with E-state index in [1.54, 1.807) is 0 Å². The zero-order chi connectivity index (χ0) is 36.5. The van der Waals surface area contributed by atoms with E-state index in [0.29, 0.717) is 13.0 Å². The van der Waals surface area contributed by atoms with Crippen LogP contribution in [0, 0.1) is 0 Å². The third kappa shape index (κ3) is 25.0. The van der Waals surface area contributed by atoms with Gasteiger partial charge in [-0.15, -0.1) is 0 Å². The molecule has 0 amide bonds. The Balaban J connectivity index is 2.27. The van der Waals surface area contributed by atoms with Crippen LogP contribution in [0.5, 0.6) is 0 Å². The number of unbranched alkanes of at least 4 members (excludes halogenated alkanes) is 22. The molecule has 1 aliphatic rings. The summed E-state index contributed by atoms with van der Waals surface area (Å²) in [5.74, 6) is -0.316. The van der Waals surface area contributed by atoms with Crippen LogP contribution in [0.3, 0.4) is 0 Å². The van der Waals surface area contributed by atoms with Crippen molar-refractivity contribution in [2.75, 3.05) is 26.4 Å². The molecule has 0 aliphatic carbocycles. The number of rotatable bonds is 35. The lowest BCUT2D eigenvalue weighted by Crippen LogP contribution is -2.59. The van der Waals surface area contributed by atoms with Crippen LogP contribution in [0.2, 0.25) is 0 Å². The van der Waals surface area contributed by atoms with Gasteiger partial charge in [-0.25, -0.2) is 0 Å². The summed E-state index contributed by atoms with van der Waals surface area (Å²) in [5.41, 5.74) is 0. The molecule has 4 N–H and O–H groups in total. The van der Waals surface area contributed by atoms with Gasteiger partial charge in [0.25, 0.3) is 0 Å². The van der Waals surface area contributed by atoms with Crippen molar-refractivity contribution < 1.29 is 44.2 Å². The second kappa shape index (κ2) is 33.7. The highest BCUT2D eigenvalue weighted by atomic mass is 16.7. The van der Waals surface area contributed by atoms with Crippen molar-refractivity contribution in [2.24, 2.45) is 0 Å². The van der Waals surface area contributed by atoms with Crippen LogP contribution >= 0.6 is 0 Å². The van der Waals surface area contributed by atoms with Crippen molar-refractivity contribution in [3.8, 4) is 0 Å². The molecule has 9 heteroatoms. The minimum Gasteiger partial charge on any atom is -0.457 e. The van der Waals surface area contributed by atoms with Crippen molar-refractivity contribution in [3.63, 3.8) is 0 Å². The highest BCUT2D eigenvalue weighted by Crippen LogP contribution is 2.22. The first-order chi connectivity index (χ1) is 24.4. The number of ether oxygens (including phenoxy) is 4. The molecule has 1 aliphatic heterocycles. The van der Waals surface area contributed by atoms with Gasteiger partial charge in [-0.2, -0.15) is 0 Å². The van der Waals surface area contributed by atoms with Gasteiger partial charge in [0, 0.05) is 13.0 Å². The maximum atomic E-state index is 12.7. The molecule has 9 nitrogen and oxygen atoms in total. The molecule has 6 atom stereocenters. The number of aliphatic hydroxyl groups is 4. The first-order valence-corrected chi connectivity index (χ1v) is 20.8. The molecule has 0 aromatic carbocycles. The third-order valence-electron chi connectivity index (χ3n) is 9.68. The summed E-state index contributed by atoms with van der Waals surface area (Å²) in [7, 11) is 0. The lowest BCUT2D eigenvalue weighted by Gasteiger charge is -2.39. The fourth-order valence-corrected chi connectivity index (χ4v) is 6.37. The van der Waals surface area contributed by atoms with Crippen LogP contribution in [0.1, 0.15) is 181 Å². The monoisotopic (exact) mass is 715 g/mol.